The fourth-order valence-electron chi connectivity index (χ4n) is 1.50. The molecule has 0 aromatic rings. The van der Waals surface area contributed by atoms with Crippen LogP contribution in [0.5, 0.6) is 0 Å². The van der Waals surface area contributed by atoms with E-state index in [9.17, 15) is 10.0 Å². The molecular formula is C9H16NO3. The van der Waals surface area contributed by atoms with E-state index in [1.54, 1.807) is 20.8 Å². The first kappa shape index (κ1) is 10.5. The first-order valence-corrected chi connectivity index (χ1v) is 4.49. The van der Waals surface area contributed by atoms with Crippen molar-refractivity contribution in [2.75, 3.05) is 6.61 Å². The van der Waals surface area contributed by atoms with E-state index in [0.29, 0.717) is 6.42 Å². The van der Waals surface area contributed by atoms with Crippen molar-refractivity contribution in [1.29, 1.82) is 0 Å². The van der Waals surface area contributed by atoms with E-state index < -0.39 is 17.0 Å². The van der Waals surface area contributed by atoms with Gasteiger partial charge in [-0.05, 0) is 27.2 Å². The van der Waals surface area contributed by atoms with E-state index in [1.165, 1.54) is 0 Å². The van der Waals surface area contributed by atoms with Crippen LogP contribution in [0.2, 0.25) is 0 Å². The lowest BCUT2D eigenvalue weighted by atomic mass is 9.90. The number of morpholine rings is 1. The zero-order valence-corrected chi connectivity index (χ0v) is 8.59. The molecule has 1 unspecified atom stereocenters. The van der Waals surface area contributed by atoms with Crippen molar-refractivity contribution in [2.45, 2.75) is 45.2 Å². The molecule has 1 aliphatic heterocycles. The van der Waals surface area contributed by atoms with Crippen molar-refractivity contribution in [3.63, 3.8) is 0 Å². The standard InChI is InChI=1S/C9H16NO3/c1-5-9(4)7(11)13-6-8(2,3)10(9)12/h5-6H2,1-4H3. The second kappa shape index (κ2) is 2.96. The summed E-state index contributed by atoms with van der Waals surface area (Å²) in [6.45, 7) is 7.17. The lowest BCUT2D eigenvalue weighted by Crippen LogP contribution is -2.64. The van der Waals surface area contributed by atoms with Crippen molar-refractivity contribution in [3.05, 3.63) is 0 Å². The van der Waals surface area contributed by atoms with Crippen LogP contribution in [0.15, 0.2) is 0 Å². The van der Waals surface area contributed by atoms with Crippen LogP contribution in [0.4, 0.5) is 0 Å². The highest BCUT2D eigenvalue weighted by Crippen LogP contribution is 2.32. The molecule has 4 nitrogen and oxygen atoms in total. The lowest BCUT2D eigenvalue weighted by Gasteiger charge is -2.45. The zero-order valence-electron chi connectivity index (χ0n) is 8.59. The van der Waals surface area contributed by atoms with Gasteiger partial charge in [0.1, 0.15) is 12.1 Å². The first-order valence-electron chi connectivity index (χ1n) is 4.49. The van der Waals surface area contributed by atoms with Crippen LogP contribution in [0, 0.1) is 0 Å². The smallest absolute Gasteiger partial charge is 0.328 e. The second-order valence-corrected chi connectivity index (χ2v) is 4.31. The van der Waals surface area contributed by atoms with E-state index in [2.05, 4.69) is 0 Å². The minimum Gasteiger partial charge on any atom is -0.462 e. The number of hydrogen-bond donors (Lipinski definition) is 0. The van der Waals surface area contributed by atoms with Crippen molar-refractivity contribution < 1.29 is 14.7 Å². The summed E-state index contributed by atoms with van der Waals surface area (Å²) in [5.41, 5.74) is -1.62. The number of hydroxylamine groups is 2. The summed E-state index contributed by atoms with van der Waals surface area (Å²) in [6, 6.07) is 0. The van der Waals surface area contributed by atoms with Gasteiger partial charge in [0, 0.05) is 0 Å². The van der Waals surface area contributed by atoms with Gasteiger partial charge in [-0.1, -0.05) is 6.92 Å². The Bertz CT molecular complexity index is 227. The van der Waals surface area contributed by atoms with Gasteiger partial charge in [-0.15, -0.1) is 10.3 Å². The summed E-state index contributed by atoms with van der Waals surface area (Å²) in [5, 5.41) is 12.7. The number of hydrogen-bond acceptors (Lipinski definition) is 3. The quantitative estimate of drug-likeness (QED) is 0.577. The van der Waals surface area contributed by atoms with Gasteiger partial charge >= 0.3 is 5.97 Å². The minimum atomic E-state index is -1.01. The number of cyclic esters (lactones) is 1. The highest BCUT2D eigenvalue weighted by atomic mass is 16.6. The summed E-state index contributed by atoms with van der Waals surface area (Å²) in [5.74, 6) is -0.413. The maximum atomic E-state index is 11.8. The van der Waals surface area contributed by atoms with Gasteiger partial charge in [0.25, 0.3) is 0 Å². The molecule has 75 valence electrons. The molecule has 0 saturated carbocycles. The molecule has 0 aromatic carbocycles. The van der Waals surface area contributed by atoms with E-state index in [-0.39, 0.29) is 6.61 Å². The third kappa shape index (κ3) is 1.44. The van der Waals surface area contributed by atoms with Gasteiger partial charge in [-0.25, -0.2) is 4.79 Å². The second-order valence-electron chi connectivity index (χ2n) is 4.31. The molecule has 1 aliphatic rings. The lowest BCUT2D eigenvalue weighted by molar-refractivity contribution is -0.302. The Balaban J connectivity index is 2.98. The molecule has 0 N–H and O–H groups in total. The molecular weight excluding hydrogens is 170 g/mol. The fourth-order valence-corrected chi connectivity index (χ4v) is 1.50. The molecule has 1 radical (unpaired) electrons. The van der Waals surface area contributed by atoms with E-state index >= 15 is 0 Å². The summed E-state index contributed by atoms with van der Waals surface area (Å²) in [6.07, 6.45) is 0.471. The van der Waals surface area contributed by atoms with Gasteiger partial charge in [0.15, 0.2) is 0 Å². The van der Waals surface area contributed by atoms with Gasteiger partial charge in [-0.2, -0.15) is 0 Å². The summed E-state index contributed by atoms with van der Waals surface area (Å²) >= 11 is 0. The topological polar surface area (TPSA) is 49.4 Å². The van der Waals surface area contributed by atoms with Crippen molar-refractivity contribution in [1.82, 2.24) is 5.06 Å². The number of carbonyl (C=O) groups excluding carboxylic acids is 1. The molecule has 13 heavy (non-hydrogen) atoms. The van der Waals surface area contributed by atoms with Crippen LogP contribution in [-0.2, 0) is 14.7 Å². The van der Waals surface area contributed by atoms with Gasteiger partial charge in [0.2, 0.25) is 0 Å². The Labute approximate surface area is 78.4 Å². The van der Waals surface area contributed by atoms with Crippen LogP contribution in [0.25, 0.3) is 0 Å². The predicted octanol–water partition coefficient (Wildman–Crippen LogP) is 1.14. The Kier molecular flexibility index (Phi) is 2.38. The Hall–Kier alpha value is -0.610. The number of nitrogens with zero attached hydrogens (tertiary/aromatic N) is 1. The predicted molar refractivity (Wildman–Crippen MR) is 46.3 cm³/mol. The zero-order chi connectivity index (χ0) is 10.3. The van der Waals surface area contributed by atoms with Crippen LogP contribution < -0.4 is 0 Å². The van der Waals surface area contributed by atoms with Crippen molar-refractivity contribution in [3.8, 4) is 0 Å². The average Bonchev–Trinajstić information content (AvgIpc) is 2.09. The summed E-state index contributed by atoms with van der Waals surface area (Å²) in [7, 11) is 0. The number of carbonyl (C=O) groups is 1. The van der Waals surface area contributed by atoms with Crippen LogP contribution in [0.3, 0.4) is 0 Å². The number of esters is 1. The van der Waals surface area contributed by atoms with Crippen molar-refractivity contribution in [2.24, 2.45) is 0 Å². The first-order chi connectivity index (χ1) is 5.84. The van der Waals surface area contributed by atoms with Crippen LogP contribution >= 0.6 is 0 Å². The SMILES string of the molecule is CCC1(C)C(=O)OCC(C)(C)N1[O]. The Morgan fingerprint density at radius 2 is 2.00 bits per heavy atom. The maximum absolute atomic E-state index is 11.8. The number of rotatable bonds is 1. The Morgan fingerprint density at radius 3 is 2.38 bits per heavy atom. The molecule has 0 aliphatic carbocycles. The summed E-state index contributed by atoms with van der Waals surface area (Å²) in [4.78, 5) is 11.4. The molecule has 1 atom stereocenters. The van der Waals surface area contributed by atoms with Gasteiger partial charge < -0.3 is 4.74 Å². The number of ether oxygens (including phenoxy) is 1. The highest BCUT2D eigenvalue weighted by Gasteiger charge is 2.51. The van der Waals surface area contributed by atoms with E-state index in [1.807, 2.05) is 6.92 Å². The molecule has 0 aromatic heterocycles. The molecule has 1 saturated heterocycles. The van der Waals surface area contributed by atoms with Gasteiger partial charge in [0.05, 0.1) is 5.54 Å². The molecule has 0 amide bonds. The van der Waals surface area contributed by atoms with Crippen LogP contribution in [0.1, 0.15) is 34.1 Å². The van der Waals surface area contributed by atoms with Crippen molar-refractivity contribution >= 4 is 5.97 Å². The Morgan fingerprint density at radius 1 is 1.46 bits per heavy atom. The monoisotopic (exact) mass is 186 g/mol. The molecule has 1 fully saturated rings. The molecule has 1 heterocycles. The molecule has 0 spiro atoms. The largest absolute Gasteiger partial charge is 0.462 e. The normalized spacial score (nSPS) is 34.4. The van der Waals surface area contributed by atoms with E-state index in [0.717, 1.165) is 5.06 Å². The third-order valence-electron chi connectivity index (χ3n) is 2.68. The fraction of sp³-hybridized carbons (Fsp3) is 0.889. The average molecular weight is 186 g/mol. The van der Waals surface area contributed by atoms with Crippen LogP contribution in [-0.4, -0.2) is 28.7 Å². The highest BCUT2D eigenvalue weighted by molar-refractivity contribution is 5.81. The molecule has 1 rings (SSSR count). The minimum absolute atomic E-state index is 0.172. The third-order valence-corrected chi connectivity index (χ3v) is 2.68. The maximum Gasteiger partial charge on any atom is 0.328 e. The van der Waals surface area contributed by atoms with Gasteiger partial charge in [-0.3, -0.25) is 0 Å². The molecule has 0 bridgehead atoms. The molecule has 4 heteroatoms. The summed E-state index contributed by atoms with van der Waals surface area (Å²) < 4.78 is 4.99. The van der Waals surface area contributed by atoms with E-state index in [4.69, 9.17) is 4.74 Å².